The minimum Gasteiger partial charge on any atom is -0.368 e. The van der Waals surface area contributed by atoms with Crippen LogP contribution in [0.4, 0.5) is 5.82 Å². The van der Waals surface area contributed by atoms with Crippen LogP contribution in [0.2, 0.25) is 0 Å². The molecule has 2 heterocycles. The molecule has 0 unspecified atom stereocenters. The minimum atomic E-state index is 0.202. The van der Waals surface area contributed by atoms with E-state index >= 15 is 0 Å². The van der Waals surface area contributed by atoms with E-state index in [0.717, 1.165) is 39.9 Å². The van der Waals surface area contributed by atoms with Crippen LogP contribution in [-0.2, 0) is 0 Å². The molecule has 0 aliphatic rings. The third kappa shape index (κ3) is 3.90. The number of hydrogen-bond donors (Lipinski definition) is 2. The van der Waals surface area contributed by atoms with Crippen LogP contribution in [0.1, 0.15) is 17.0 Å². The van der Waals surface area contributed by atoms with E-state index in [4.69, 9.17) is 9.97 Å². The van der Waals surface area contributed by atoms with Gasteiger partial charge in [0.25, 0.3) is 0 Å². The lowest BCUT2D eigenvalue weighted by Gasteiger charge is -2.20. The lowest BCUT2D eigenvalue weighted by Crippen LogP contribution is -2.15. The van der Waals surface area contributed by atoms with Gasteiger partial charge in [-0.3, -0.25) is 0 Å². The van der Waals surface area contributed by atoms with E-state index in [0.29, 0.717) is 5.82 Å². The van der Waals surface area contributed by atoms with Crippen LogP contribution < -0.4 is 5.32 Å². The molecular formula is C30H24N4. The van der Waals surface area contributed by atoms with E-state index in [1.807, 2.05) is 30.3 Å². The van der Waals surface area contributed by atoms with Crippen molar-refractivity contribution in [3.8, 4) is 11.5 Å². The Hall–Kier alpha value is -4.44. The molecule has 2 N–H and O–H groups in total. The Labute approximate surface area is 198 Å². The summed E-state index contributed by atoms with van der Waals surface area (Å²) in [5.41, 5.74) is 5.46. The van der Waals surface area contributed by atoms with Crippen LogP contribution >= 0.6 is 0 Å². The molecule has 0 amide bonds. The number of nitrogens with zero attached hydrogens (tertiary/aromatic N) is 2. The molecule has 0 aliphatic heterocycles. The van der Waals surface area contributed by atoms with Gasteiger partial charge in [0.1, 0.15) is 5.82 Å². The summed E-state index contributed by atoms with van der Waals surface area (Å²) in [6.45, 7) is 0.723. The standard InChI is InChI=1S/C30H24N4/c1-3-11-21(12-4-1)25(22-13-5-2-6-14-22)20-31-29-24-16-8-10-18-27(24)33-30(34-29)28-19-23-15-7-9-17-26(23)32-28/h1-19,25,32H,20H2,(H,31,33,34). The van der Waals surface area contributed by atoms with Gasteiger partial charge in [-0.1, -0.05) is 91.0 Å². The van der Waals surface area contributed by atoms with Crippen molar-refractivity contribution in [2.45, 2.75) is 5.92 Å². The zero-order valence-electron chi connectivity index (χ0n) is 18.6. The maximum absolute atomic E-state index is 4.97. The molecule has 0 atom stereocenters. The highest BCUT2D eigenvalue weighted by Gasteiger charge is 2.16. The lowest BCUT2D eigenvalue weighted by molar-refractivity contribution is 0.849. The zero-order valence-corrected chi connectivity index (χ0v) is 18.6. The van der Waals surface area contributed by atoms with Crippen LogP contribution in [-0.4, -0.2) is 21.5 Å². The number of hydrogen-bond acceptors (Lipinski definition) is 3. The fourth-order valence-corrected chi connectivity index (χ4v) is 4.52. The Morgan fingerprint density at radius 2 is 1.32 bits per heavy atom. The second-order valence-electron chi connectivity index (χ2n) is 8.44. The molecule has 0 spiro atoms. The smallest absolute Gasteiger partial charge is 0.178 e. The molecule has 6 rings (SSSR count). The van der Waals surface area contributed by atoms with Gasteiger partial charge in [-0.15, -0.1) is 0 Å². The Balaban J connectivity index is 1.40. The zero-order chi connectivity index (χ0) is 22.7. The average molecular weight is 441 g/mol. The topological polar surface area (TPSA) is 53.6 Å². The first-order chi connectivity index (χ1) is 16.8. The van der Waals surface area contributed by atoms with Crippen molar-refractivity contribution in [3.05, 3.63) is 126 Å². The normalized spacial score (nSPS) is 11.3. The molecule has 34 heavy (non-hydrogen) atoms. The fourth-order valence-electron chi connectivity index (χ4n) is 4.52. The molecular weight excluding hydrogens is 416 g/mol. The fraction of sp³-hybridized carbons (Fsp3) is 0.0667. The van der Waals surface area contributed by atoms with Gasteiger partial charge in [-0.25, -0.2) is 9.97 Å². The molecule has 2 aromatic heterocycles. The van der Waals surface area contributed by atoms with Gasteiger partial charge >= 0.3 is 0 Å². The number of fused-ring (bicyclic) bond motifs is 2. The molecule has 0 aliphatic carbocycles. The van der Waals surface area contributed by atoms with E-state index in [9.17, 15) is 0 Å². The molecule has 6 aromatic rings. The van der Waals surface area contributed by atoms with Gasteiger partial charge in [0.05, 0.1) is 11.2 Å². The van der Waals surface area contributed by atoms with Gasteiger partial charge in [-0.2, -0.15) is 0 Å². The number of H-pyrrole nitrogens is 1. The Morgan fingerprint density at radius 1 is 0.676 bits per heavy atom. The van der Waals surface area contributed by atoms with Gasteiger partial charge in [0.15, 0.2) is 5.82 Å². The van der Waals surface area contributed by atoms with Crippen molar-refractivity contribution in [3.63, 3.8) is 0 Å². The Kier molecular flexibility index (Phi) is 5.24. The second kappa shape index (κ2) is 8.83. The number of anilines is 1. The molecule has 0 fully saturated rings. The number of nitrogens with one attached hydrogen (secondary N) is 2. The first kappa shape index (κ1) is 20.2. The van der Waals surface area contributed by atoms with E-state index < -0.39 is 0 Å². The second-order valence-corrected chi connectivity index (χ2v) is 8.44. The minimum absolute atomic E-state index is 0.202. The van der Waals surface area contributed by atoms with Gasteiger partial charge < -0.3 is 10.3 Å². The molecule has 4 nitrogen and oxygen atoms in total. The number of para-hydroxylation sites is 2. The van der Waals surface area contributed by atoms with Crippen molar-refractivity contribution in [2.24, 2.45) is 0 Å². The number of rotatable bonds is 6. The van der Waals surface area contributed by atoms with Crippen molar-refractivity contribution < 1.29 is 0 Å². The van der Waals surface area contributed by atoms with Gasteiger partial charge in [0.2, 0.25) is 0 Å². The molecule has 0 saturated carbocycles. The van der Waals surface area contributed by atoms with E-state index in [1.165, 1.54) is 11.1 Å². The third-order valence-corrected chi connectivity index (χ3v) is 6.25. The summed E-state index contributed by atoms with van der Waals surface area (Å²) in [5, 5.41) is 5.83. The van der Waals surface area contributed by atoms with Crippen molar-refractivity contribution in [1.82, 2.24) is 15.0 Å². The Bertz CT molecular complexity index is 1480. The maximum Gasteiger partial charge on any atom is 0.178 e. The van der Waals surface area contributed by atoms with E-state index in [-0.39, 0.29) is 5.92 Å². The Morgan fingerprint density at radius 3 is 2.06 bits per heavy atom. The highest BCUT2D eigenvalue weighted by molar-refractivity contribution is 5.91. The van der Waals surface area contributed by atoms with Crippen LogP contribution in [0.15, 0.2) is 115 Å². The number of benzene rings is 4. The average Bonchev–Trinajstić information content (AvgIpc) is 3.34. The van der Waals surface area contributed by atoms with Crippen molar-refractivity contribution >= 4 is 27.6 Å². The van der Waals surface area contributed by atoms with Gasteiger partial charge in [0, 0.05) is 28.8 Å². The lowest BCUT2D eigenvalue weighted by atomic mass is 9.91. The van der Waals surface area contributed by atoms with Crippen LogP contribution in [0, 0.1) is 0 Å². The first-order valence-electron chi connectivity index (χ1n) is 11.5. The summed E-state index contributed by atoms with van der Waals surface area (Å²) in [7, 11) is 0. The summed E-state index contributed by atoms with van der Waals surface area (Å²) >= 11 is 0. The highest BCUT2D eigenvalue weighted by atomic mass is 15.0. The quantitative estimate of drug-likeness (QED) is 0.292. The molecule has 4 aromatic carbocycles. The predicted molar refractivity (Wildman–Crippen MR) is 140 cm³/mol. The largest absolute Gasteiger partial charge is 0.368 e. The van der Waals surface area contributed by atoms with Crippen molar-refractivity contribution in [2.75, 3.05) is 11.9 Å². The summed E-state index contributed by atoms with van der Waals surface area (Å²) in [5.74, 6) is 1.73. The number of aromatic amines is 1. The van der Waals surface area contributed by atoms with E-state index in [2.05, 4.69) is 95.2 Å². The number of aromatic nitrogens is 3. The van der Waals surface area contributed by atoms with E-state index in [1.54, 1.807) is 0 Å². The van der Waals surface area contributed by atoms with Crippen molar-refractivity contribution in [1.29, 1.82) is 0 Å². The highest BCUT2D eigenvalue weighted by Crippen LogP contribution is 2.29. The van der Waals surface area contributed by atoms with Crippen LogP contribution in [0.5, 0.6) is 0 Å². The van der Waals surface area contributed by atoms with Gasteiger partial charge in [-0.05, 0) is 35.4 Å². The molecule has 164 valence electrons. The SMILES string of the molecule is c1ccc(C(CNc2nc(-c3cc4ccccc4[nH]3)nc3ccccc23)c2ccccc2)cc1. The summed E-state index contributed by atoms with van der Waals surface area (Å²) < 4.78 is 0. The first-order valence-corrected chi connectivity index (χ1v) is 11.5. The summed E-state index contributed by atoms with van der Waals surface area (Å²) in [6, 6.07) is 39.8. The predicted octanol–water partition coefficient (Wildman–Crippen LogP) is 7.02. The summed E-state index contributed by atoms with van der Waals surface area (Å²) in [4.78, 5) is 13.3. The summed E-state index contributed by atoms with van der Waals surface area (Å²) in [6.07, 6.45) is 0. The molecule has 0 bridgehead atoms. The maximum atomic E-state index is 4.97. The van der Waals surface area contributed by atoms with Crippen LogP contribution in [0.25, 0.3) is 33.3 Å². The molecule has 4 heteroatoms. The monoisotopic (exact) mass is 440 g/mol. The molecule has 0 saturated heterocycles. The molecule has 0 radical (unpaired) electrons. The van der Waals surface area contributed by atoms with Crippen LogP contribution in [0.3, 0.4) is 0 Å². The third-order valence-electron chi connectivity index (χ3n) is 6.25.